The lowest BCUT2D eigenvalue weighted by Crippen LogP contribution is -2.42. The first-order chi connectivity index (χ1) is 8.62. The Hall–Kier alpha value is -0.450. The zero-order valence-electron chi connectivity index (χ0n) is 11.2. The van der Waals surface area contributed by atoms with Crippen LogP contribution in [0.25, 0.3) is 0 Å². The van der Waals surface area contributed by atoms with Crippen molar-refractivity contribution in [2.75, 3.05) is 13.7 Å². The fourth-order valence-electron chi connectivity index (χ4n) is 2.15. The number of likely N-dealkylation sites (N-methyl/N-ethyl adjacent to an activating group) is 1. The monoisotopic (exact) mass is 317 g/mol. The van der Waals surface area contributed by atoms with Crippen LogP contribution in [0.1, 0.15) is 25.8 Å². The molecule has 18 heavy (non-hydrogen) atoms. The van der Waals surface area contributed by atoms with E-state index < -0.39 is 0 Å². The molecule has 0 aliphatic heterocycles. The minimum atomic E-state index is -0.200. The maximum atomic E-state index is 13.3. The largest absolute Gasteiger partial charge is 0.380 e. The minimum Gasteiger partial charge on any atom is -0.380 e. The van der Waals surface area contributed by atoms with E-state index in [0.29, 0.717) is 0 Å². The highest BCUT2D eigenvalue weighted by molar-refractivity contribution is 9.10. The summed E-state index contributed by atoms with van der Waals surface area (Å²) >= 11 is 3.47. The van der Waals surface area contributed by atoms with Crippen molar-refractivity contribution in [1.82, 2.24) is 5.32 Å². The smallest absolute Gasteiger partial charge is 0.123 e. The first kappa shape index (κ1) is 15.6. The molecule has 4 heteroatoms. The van der Waals surface area contributed by atoms with E-state index in [1.54, 1.807) is 19.2 Å². The lowest BCUT2D eigenvalue weighted by atomic mass is 9.99. The van der Waals surface area contributed by atoms with Crippen molar-refractivity contribution in [3.05, 3.63) is 34.1 Å². The molecule has 1 aromatic carbocycles. The van der Waals surface area contributed by atoms with Crippen LogP contribution in [0.3, 0.4) is 0 Å². The van der Waals surface area contributed by atoms with Crippen molar-refractivity contribution < 1.29 is 9.13 Å². The standard InChI is InChI=1S/C14H21BrFNO/c1-4-14(18-3)13(17-5-2)9-10-8-11(16)6-7-12(10)15/h6-8,13-14,17H,4-5,9H2,1-3H3. The van der Waals surface area contributed by atoms with Crippen molar-refractivity contribution in [3.8, 4) is 0 Å². The van der Waals surface area contributed by atoms with Crippen molar-refractivity contribution in [2.24, 2.45) is 0 Å². The Morgan fingerprint density at radius 3 is 2.67 bits per heavy atom. The second-order valence-corrected chi connectivity index (χ2v) is 5.14. The molecule has 0 bridgehead atoms. The van der Waals surface area contributed by atoms with E-state index in [4.69, 9.17) is 4.74 Å². The van der Waals surface area contributed by atoms with Gasteiger partial charge in [-0.05, 0) is 43.1 Å². The van der Waals surface area contributed by atoms with E-state index in [1.165, 1.54) is 6.07 Å². The molecule has 1 rings (SSSR count). The summed E-state index contributed by atoms with van der Waals surface area (Å²) in [6.07, 6.45) is 1.82. The highest BCUT2D eigenvalue weighted by atomic mass is 79.9. The summed E-state index contributed by atoms with van der Waals surface area (Å²) in [6.45, 7) is 5.03. The van der Waals surface area contributed by atoms with Crippen molar-refractivity contribution in [2.45, 2.75) is 38.8 Å². The van der Waals surface area contributed by atoms with Crippen molar-refractivity contribution in [1.29, 1.82) is 0 Å². The summed E-state index contributed by atoms with van der Waals surface area (Å²) in [4.78, 5) is 0. The summed E-state index contributed by atoms with van der Waals surface area (Å²) in [5, 5.41) is 3.41. The Morgan fingerprint density at radius 1 is 1.39 bits per heavy atom. The Bertz CT molecular complexity index is 369. The van der Waals surface area contributed by atoms with Gasteiger partial charge in [-0.1, -0.05) is 29.8 Å². The molecular formula is C14H21BrFNO. The van der Waals surface area contributed by atoms with Gasteiger partial charge < -0.3 is 10.1 Å². The molecule has 0 aliphatic carbocycles. The number of methoxy groups -OCH3 is 1. The van der Waals surface area contributed by atoms with Gasteiger partial charge >= 0.3 is 0 Å². The van der Waals surface area contributed by atoms with Gasteiger partial charge in [0.2, 0.25) is 0 Å². The van der Waals surface area contributed by atoms with Gasteiger partial charge in [-0.25, -0.2) is 4.39 Å². The van der Waals surface area contributed by atoms with Crippen LogP contribution in [-0.2, 0) is 11.2 Å². The van der Waals surface area contributed by atoms with Gasteiger partial charge in [0.15, 0.2) is 0 Å². The summed E-state index contributed by atoms with van der Waals surface area (Å²) in [6, 6.07) is 4.99. The molecule has 0 aromatic heterocycles. The topological polar surface area (TPSA) is 21.3 Å². The van der Waals surface area contributed by atoms with Crippen LogP contribution in [0.4, 0.5) is 4.39 Å². The summed E-state index contributed by atoms with van der Waals surface area (Å²) in [7, 11) is 1.72. The first-order valence-corrected chi connectivity index (χ1v) is 7.11. The zero-order chi connectivity index (χ0) is 13.5. The van der Waals surface area contributed by atoms with Crippen LogP contribution < -0.4 is 5.32 Å². The van der Waals surface area contributed by atoms with Gasteiger partial charge in [0, 0.05) is 17.6 Å². The van der Waals surface area contributed by atoms with E-state index in [9.17, 15) is 4.39 Å². The van der Waals surface area contributed by atoms with Crippen LogP contribution >= 0.6 is 15.9 Å². The lowest BCUT2D eigenvalue weighted by Gasteiger charge is -2.26. The second kappa shape index (κ2) is 7.87. The van der Waals surface area contributed by atoms with Crippen LogP contribution in [0.2, 0.25) is 0 Å². The van der Waals surface area contributed by atoms with E-state index in [-0.39, 0.29) is 18.0 Å². The molecule has 1 N–H and O–H groups in total. The molecule has 0 heterocycles. The third kappa shape index (κ3) is 4.34. The van der Waals surface area contributed by atoms with Crippen LogP contribution in [0, 0.1) is 5.82 Å². The summed E-state index contributed by atoms with van der Waals surface area (Å²) < 4.78 is 19.7. The maximum absolute atomic E-state index is 13.3. The summed E-state index contributed by atoms with van der Waals surface area (Å²) in [5.74, 6) is -0.200. The maximum Gasteiger partial charge on any atom is 0.123 e. The Morgan fingerprint density at radius 2 is 2.11 bits per heavy atom. The van der Waals surface area contributed by atoms with Gasteiger partial charge in [-0.3, -0.25) is 0 Å². The fourth-order valence-corrected chi connectivity index (χ4v) is 2.56. The van der Waals surface area contributed by atoms with Gasteiger partial charge in [-0.2, -0.15) is 0 Å². The predicted octanol–water partition coefficient (Wildman–Crippen LogP) is 3.53. The first-order valence-electron chi connectivity index (χ1n) is 6.32. The molecule has 2 unspecified atom stereocenters. The molecule has 102 valence electrons. The molecule has 2 atom stereocenters. The minimum absolute atomic E-state index is 0.139. The highest BCUT2D eigenvalue weighted by Gasteiger charge is 2.20. The van der Waals surface area contributed by atoms with E-state index in [1.807, 2.05) is 0 Å². The molecule has 1 aromatic rings. The number of ether oxygens (including phenoxy) is 1. The predicted molar refractivity (Wildman–Crippen MR) is 76.4 cm³/mol. The number of nitrogens with one attached hydrogen (secondary N) is 1. The number of hydrogen-bond acceptors (Lipinski definition) is 2. The average molecular weight is 318 g/mol. The lowest BCUT2D eigenvalue weighted by molar-refractivity contribution is 0.0658. The van der Waals surface area contributed by atoms with E-state index in [2.05, 4.69) is 35.1 Å². The third-order valence-electron chi connectivity index (χ3n) is 3.07. The molecule has 0 radical (unpaired) electrons. The molecule has 2 nitrogen and oxygen atoms in total. The molecule has 0 spiro atoms. The summed E-state index contributed by atoms with van der Waals surface area (Å²) in [5.41, 5.74) is 0.969. The molecule has 0 amide bonds. The van der Waals surface area contributed by atoms with Crippen LogP contribution in [-0.4, -0.2) is 25.8 Å². The van der Waals surface area contributed by atoms with Crippen molar-refractivity contribution in [3.63, 3.8) is 0 Å². The zero-order valence-corrected chi connectivity index (χ0v) is 12.8. The van der Waals surface area contributed by atoms with E-state index >= 15 is 0 Å². The van der Waals surface area contributed by atoms with Crippen molar-refractivity contribution >= 4 is 15.9 Å². The number of halogens is 2. The molecule has 0 fully saturated rings. The van der Waals surface area contributed by atoms with Crippen LogP contribution in [0.5, 0.6) is 0 Å². The van der Waals surface area contributed by atoms with Gasteiger partial charge in [-0.15, -0.1) is 0 Å². The normalized spacial score (nSPS) is 14.5. The van der Waals surface area contributed by atoms with Gasteiger partial charge in [0.25, 0.3) is 0 Å². The highest BCUT2D eigenvalue weighted by Crippen LogP contribution is 2.21. The van der Waals surface area contributed by atoms with Gasteiger partial charge in [0.1, 0.15) is 5.82 Å². The Kier molecular flexibility index (Phi) is 6.82. The fraction of sp³-hybridized carbons (Fsp3) is 0.571. The molecule has 0 saturated heterocycles. The molecular weight excluding hydrogens is 297 g/mol. The van der Waals surface area contributed by atoms with Crippen LogP contribution in [0.15, 0.2) is 22.7 Å². The molecule has 0 aliphatic rings. The number of rotatable bonds is 7. The van der Waals surface area contributed by atoms with Gasteiger partial charge in [0.05, 0.1) is 6.10 Å². The Labute approximate surface area is 117 Å². The number of benzene rings is 1. The average Bonchev–Trinajstić information content (AvgIpc) is 2.35. The Balaban J connectivity index is 2.85. The SMILES string of the molecule is CCNC(Cc1cc(F)ccc1Br)C(CC)OC. The molecule has 0 saturated carbocycles. The van der Waals surface area contributed by atoms with E-state index in [0.717, 1.165) is 29.4 Å². The second-order valence-electron chi connectivity index (χ2n) is 4.29. The quantitative estimate of drug-likeness (QED) is 0.830. The third-order valence-corrected chi connectivity index (χ3v) is 3.84. The number of hydrogen-bond donors (Lipinski definition) is 1.